The van der Waals surface area contributed by atoms with Gasteiger partial charge in [-0.25, -0.2) is 0 Å². The molecule has 0 saturated carbocycles. The zero-order valence-electron chi connectivity index (χ0n) is 14.3. The van der Waals surface area contributed by atoms with E-state index < -0.39 is 33.8 Å². The molecule has 2 aromatic rings. The molecule has 148 valence electrons. The number of nitrogens with zero attached hydrogens (tertiary/aromatic N) is 2. The second-order valence-electron chi connectivity index (χ2n) is 5.72. The molecule has 0 radical (unpaired) electrons. The van der Waals surface area contributed by atoms with Gasteiger partial charge in [-0.15, -0.1) is 0 Å². The summed E-state index contributed by atoms with van der Waals surface area (Å²) in [4.78, 5) is 22.9. The summed E-state index contributed by atoms with van der Waals surface area (Å²) in [5, 5.41) is 22.7. The Morgan fingerprint density at radius 1 is 1.24 bits per heavy atom. The van der Waals surface area contributed by atoms with E-state index in [4.69, 9.17) is 9.47 Å². The van der Waals surface area contributed by atoms with Crippen LogP contribution in [0.1, 0.15) is 11.1 Å². The molecule has 0 bridgehead atoms. The topological polar surface area (TPSA) is 114 Å². The van der Waals surface area contributed by atoms with Crippen molar-refractivity contribution in [3.8, 4) is 17.6 Å². The summed E-state index contributed by atoms with van der Waals surface area (Å²) in [6.45, 7) is -0.138. The Kier molecular flexibility index (Phi) is 5.10. The molecule has 29 heavy (non-hydrogen) atoms. The quantitative estimate of drug-likeness (QED) is 0.357. The first kappa shape index (κ1) is 19.7. The third kappa shape index (κ3) is 4.27. The van der Waals surface area contributed by atoms with Crippen LogP contribution in [0.2, 0.25) is 0 Å². The van der Waals surface area contributed by atoms with Crippen LogP contribution in [0, 0.1) is 21.4 Å². The molecule has 0 unspecified atom stereocenters. The van der Waals surface area contributed by atoms with E-state index in [-0.39, 0.29) is 29.5 Å². The summed E-state index contributed by atoms with van der Waals surface area (Å²) in [5.74, 6) is -0.697. The number of nitro benzene ring substituents is 1. The van der Waals surface area contributed by atoms with Crippen LogP contribution in [0.5, 0.6) is 11.5 Å². The Balaban J connectivity index is 1.92. The van der Waals surface area contributed by atoms with Crippen molar-refractivity contribution in [1.82, 2.24) is 0 Å². The third-order valence-corrected chi connectivity index (χ3v) is 3.83. The number of fused-ring (bicyclic) bond motifs is 1. The Hall–Kier alpha value is -4.07. The number of anilines is 1. The number of carbonyl (C=O) groups excluding carboxylic acids is 1. The SMILES string of the molecule is N#C/C(=C/c1cc2c(cc1[N+](=O)[O-])OCO2)C(=O)Nc1cccc(C(F)(F)F)c1. The van der Waals surface area contributed by atoms with Gasteiger partial charge in [0.25, 0.3) is 11.6 Å². The molecule has 11 heteroatoms. The molecule has 0 atom stereocenters. The van der Waals surface area contributed by atoms with Crippen LogP contribution in [0.3, 0.4) is 0 Å². The van der Waals surface area contributed by atoms with E-state index in [1.807, 2.05) is 0 Å². The molecule has 1 aliphatic heterocycles. The van der Waals surface area contributed by atoms with Crippen LogP contribution < -0.4 is 14.8 Å². The molecule has 1 aliphatic rings. The number of ether oxygens (including phenoxy) is 2. The van der Waals surface area contributed by atoms with Crippen molar-refractivity contribution in [1.29, 1.82) is 5.26 Å². The number of halogens is 3. The van der Waals surface area contributed by atoms with E-state index in [9.17, 15) is 33.3 Å². The highest BCUT2D eigenvalue weighted by molar-refractivity contribution is 6.10. The molecule has 1 amide bonds. The van der Waals surface area contributed by atoms with Gasteiger partial charge >= 0.3 is 6.18 Å². The van der Waals surface area contributed by atoms with Crippen LogP contribution in [-0.4, -0.2) is 17.6 Å². The van der Waals surface area contributed by atoms with E-state index in [2.05, 4.69) is 5.32 Å². The lowest BCUT2D eigenvalue weighted by molar-refractivity contribution is -0.385. The van der Waals surface area contributed by atoms with Gasteiger partial charge in [-0.1, -0.05) is 6.07 Å². The van der Waals surface area contributed by atoms with Gasteiger partial charge in [0.1, 0.15) is 11.6 Å². The van der Waals surface area contributed by atoms with Crippen molar-refractivity contribution in [3.63, 3.8) is 0 Å². The van der Waals surface area contributed by atoms with Gasteiger partial charge in [-0.2, -0.15) is 18.4 Å². The van der Waals surface area contributed by atoms with E-state index in [0.717, 1.165) is 24.3 Å². The maximum atomic E-state index is 12.8. The molecule has 0 aromatic heterocycles. The molecule has 1 N–H and O–H groups in total. The van der Waals surface area contributed by atoms with Gasteiger partial charge in [0, 0.05) is 5.69 Å². The number of rotatable bonds is 4. The molecule has 1 heterocycles. The lowest BCUT2D eigenvalue weighted by Gasteiger charge is -2.09. The van der Waals surface area contributed by atoms with Crippen LogP contribution >= 0.6 is 0 Å². The maximum Gasteiger partial charge on any atom is 0.416 e. The number of carbonyl (C=O) groups is 1. The average Bonchev–Trinajstić information content (AvgIpc) is 3.12. The van der Waals surface area contributed by atoms with Crippen LogP contribution in [-0.2, 0) is 11.0 Å². The summed E-state index contributed by atoms with van der Waals surface area (Å²) < 4.78 is 48.5. The first-order chi connectivity index (χ1) is 13.7. The van der Waals surface area contributed by atoms with E-state index in [0.29, 0.717) is 6.07 Å². The predicted molar refractivity (Wildman–Crippen MR) is 92.9 cm³/mol. The number of amides is 1. The minimum absolute atomic E-state index is 0.102. The Bertz CT molecular complexity index is 1070. The van der Waals surface area contributed by atoms with Gasteiger partial charge in [-0.05, 0) is 30.3 Å². The highest BCUT2D eigenvalue weighted by Crippen LogP contribution is 2.38. The van der Waals surface area contributed by atoms with Crippen molar-refractivity contribution in [3.05, 3.63) is 63.2 Å². The lowest BCUT2D eigenvalue weighted by atomic mass is 10.1. The zero-order chi connectivity index (χ0) is 21.2. The largest absolute Gasteiger partial charge is 0.454 e. The molecule has 0 fully saturated rings. The minimum atomic E-state index is -4.61. The van der Waals surface area contributed by atoms with Gasteiger partial charge in [0.05, 0.1) is 22.1 Å². The van der Waals surface area contributed by atoms with Gasteiger partial charge in [-0.3, -0.25) is 14.9 Å². The first-order valence-corrected chi connectivity index (χ1v) is 7.87. The molecule has 0 saturated heterocycles. The van der Waals surface area contributed by atoms with Crippen molar-refractivity contribution in [2.24, 2.45) is 0 Å². The smallest absolute Gasteiger partial charge is 0.416 e. The fourth-order valence-corrected chi connectivity index (χ4v) is 2.50. The number of alkyl halides is 3. The molecule has 0 aliphatic carbocycles. The molecule has 2 aromatic carbocycles. The number of nitrogens with one attached hydrogen (secondary N) is 1. The fraction of sp³-hybridized carbons (Fsp3) is 0.111. The predicted octanol–water partition coefficient (Wildman–Crippen LogP) is 3.89. The summed E-state index contributed by atoms with van der Waals surface area (Å²) >= 11 is 0. The molecule has 8 nitrogen and oxygen atoms in total. The summed E-state index contributed by atoms with van der Waals surface area (Å²) in [5.41, 5.74) is -2.26. The number of nitro groups is 1. The van der Waals surface area contributed by atoms with Crippen LogP contribution in [0.25, 0.3) is 6.08 Å². The number of hydrogen-bond donors (Lipinski definition) is 1. The summed E-state index contributed by atoms with van der Waals surface area (Å²) in [7, 11) is 0. The number of hydrogen-bond acceptors (Lipinski definition) is 6. The normalized spacial score (nSPS) is 13.0. The van der Waals surface area contributed by atoms with Crippen LogP contribution in [0.15, 0.2) is 42.0 Å². The maximum absolute atomic E-state index is 12.8. The Morgan fingerprint density at radius 2 is 1.93 bits per heavy atom. The highest BCUT2D eigenvalue weighted by Gasteiger charge is 2.30. The van der Waals surface area contributed by atoms with Gasteiger partial charge in [0.2, 0.25) is 6.79 Å². The van der Waals surface area contributed by atoms with Crippen molar-refractivity contribution in [2.45, 2.75) is 6.18 Å². The lowest BCUT2D eigenvalue weighted by Crippen LogP contribution is -2.14. The van der Waals surface area contributed by atoms with Crippen LogP contribution in [0.4, 0.5) is 24.5 Å². The highest BCUT2D eigenvalue weighted by atomic mass is 19.4. The summed E-state index contributed by atoms with van der Waals surface area (Å²) in [6, 6.07) is 7.74. The average molecular weight is 405 g/mol. The molecule has 0 spiro atoms. The minimum Gasteiger partial charge on any atom is -0.454 e. The van der Waals surface area contributed by atoms with E-state index >= 15 is 0 Å². The van der Waals surface area contributed by atoms with Crippen molar-refractivity contribution in [2.75, 3.05) is 12.1 Å². The van der Waals surface area contributed by atoms with Gasteiger partial charge < -0.3 is 14.8 Å². The molecular formula is C18H10F3N3O5. The summed E-state index contributed by atoms with van der Waals surface area (Å²) in [6.07, 6.45) is -3.66. The van der Waals surface area contributed by atoms with Crippen molar-refractivity contribution < 1.29 is 32.4 Å². The van der Waals surface area contributed by atoms with Crippen molar-refractivity contribution >= 4 is 23.4 Å². The second-order valence-corrected chi connectivity index (χ2v) is 5.72. The fourth-order valence-electron chi connectivity index (χ4n) is 2.50. The monoisotopic (exact) mass is 405 g/mol. The van der Waals surface area contributed by atoms with Gasteiger partial charge in [0.15, 0.2) is 11.5 Å². The Labute approximate surface area is 160 Å². The standard InChI is InChI=1S/C18H10F3N3O5/c19-18(20,21)12-2-1-3-13(6-12)23-17(25)11(8-22)4-10-5-15-16(29-9-28-15)7-14(10)24(26)27/h1-7H,9H2,(H,23,25)/b11-4-. The molecule has 3 rings (SSSR count). The van der Waals surface area contributed by atoms with E-state index in [1.165, 1.54) is 12.1 Å². The zero-order valence-corrected chi connectivity index (χ0v) is 14.3. The Morgan fingerprint density at radius 3 is 2.55 bits per heavy atom. The first-order valence-electron chi connectivity index (χ1n) is 7.87. The molecular weight excluding hydrogens is 395 g/mol. The van der Waals surface area contributed by atoms with E-state index in [1.54, 1.807) is 6.07 Å². The number of benzene rings is 2. The third-order valence-electron chi connectivity index (χ3n) is 3.83. The number of nitriles is 1. The second kappa shape index (κ2) is 7.51.